The Bertz CT molecular complexity index is 695. The van der Waals surface area contributed by atoms with E-state index in [9.17, 15) is 16.8 Å². The number of nitrogens with one attached hydrogen (secondary N) is 2. The molecule has 118 valence electrons. The van der Waals surface area contributed by atoms with Crippen molar-refractivity contribution in [3.63, 3.8) is 0 Å². The van der Waals surface area contributed by atoms with Crippen molar-refractivity contribution in [1.82, 2.24) is 9.44 Å². The Hall–Kier alpha value is -0.960. The van der Waals surface area contributed by atoms with E-state index in [4.69, 9.17) is 0 Å². The van der Waals surface area contributed by atoms with E-state index in [1.807, 2.05) is 6.92 Å². The fourth-order valence-corrected chi connectivity index (χ4v) is 4.31. The lowest BCUT2D eigenvalue weighted by Crippen LogP contribution is -2.27. The second-order valence-corrected chi connectivity index (χ2v) is 8.60. The highest BCUT2D eigenvalue weighted by Crippen LogP contribution is 2.23. The standard InChI is InChI=1S/C13H20N2O4S2/c1-2-3-9-14-20(16,17)12-5-4-6-13(10-12)21(18,19)15-11-7-8-11/h4-6,10-11,14-15H,2-3,7-9H2,1H3. The van der Waals surface area contributed by atoms with Gasteiger partial charge in [-0.25, -0.2) is 26.3 Å². The minimum atomic E-state index is -3.67. The van der Waals surface area contributed by atoms with Crippen molar-refractivity contribution in [2.24, 2.45) is 0 Å². The molecule has 0 bridgehead atoms. The first-order valence-electron chi connectivity index (χ1n) is 6.97. The fourth-order valence-electron chi connectivity index (χ4n) is 1.76. The average Bonchev–Trinajstić information content (AvgIpc) is 3.22. The van der Waals surface area contributed by atoms with Crippen LogP contribution in [0.3, 0.4) is 0 Å². The minimum Gasteiger partial charge on any atom is -0.211 e. The molecule has 6 nitrogen and oxygen atoms in total. The van der Waals surface area contributed by atoms with Crippen LogP contribution in [0.2, 0.25) is 0 Å². The monoisotopic (exact) mass is 332 g/mol. The molecule has 1 aliphatic carbocycles. The molecular weight excluding hydrogens is 312 g/mol. The van der Waals surface area contributed by atoms with Gasteiger partial charge in [-0.2, -0.15) is 0 Å². The highest BCUT2D eigenvalue weighted by Gasteiger charge is 2.28. The molecule has 8 heteroatoms. The van der Waals surface area contributed by atoms with Crippen LogP contribution in [-0.2, 0) is 20.0 Å². The zero-order valence-corrected chi connectivity index (χ0v) is 13.5. The van der Waals surface area contributed by atoms with E-state index < -0.39 is 20.0 Å². The Morgan fingerprint density at radius 1 is 1.10 bits per heavy atom. The summed E-state index contributed by atoms with van der Waals surface area (Å²) < 4.78 is 53.4. The van der Waals surface area contributed by atoms with Crippen molar-refractivity contribution >= 4 is 20.0 Å². The van der Waals surface area contributed by atoms with Crippen LogP contribution in [0.4, 0.5) is 0 Å². The van der Waals surface area contributed by atoms with Gasteiger partial charge < -0.3 is 0 Å². The Labute approximate surface area is 126 Å². The Morgan fingerprint density at radius 3 is 2.29 bits per heavy atom. The van der Waals surface area contributed by atoms with Crippen LogP contribution < -0.4 is 9.44 Å². The maximum absolute atomic E-state index is 12.1. The van der Waals surface area contributed by atoms with E-state index in [1.54, 1.807) is 0 Å². The summed E-state index contributed by atoms with van der Waals surface area (Å²) in [6, 6.07) is 5.41. The van der Waals surface area contributed by atoms with Gasteiger partial charge in [0.1, 0.15) is 0 Å². The summed E-state index contributed by atoms with van der Waals surface area (Å²) in [7, 11) is -7.32. The van der Waals surface area contributed by atoms with E-state index in [0.29, 0.717) is 6.54 Å². The Balaban J connectivity index is 2.20. The lowest BCUT2D eigenvalue weighted by atomic mass is 10.3. The zero-order valence-electron chi connectivity index (χ0n) is 11.9. The topological polar surface area (TPSA) is 92.3 Å². The van der Waals surface area contributed by atoms with Crippen LogP contribution in [-0.4, -0.2) is 29.4 Å². The molecule has 2 N–H and O–H groups in total. The van der Waals surface area contributed by atoms with Crippen LogP contribution >= 0.6 is 0 Å². The number of unbranched alkanes of at least 4 members (excludes halogenated alkanes) is 1. The van der Waals surface area contributed by atoms with Gasteiger partial charge in [0.2, 0.25) is 20.0 Å². The lowest BCUT2D eigenvalue weighted by molar-refractivity contribution is 0.577. The van der Waals surface area contributed by atoms with Crippen molar-refractivity contribution in [2.45, 2.75) is 48.4 Å². The first kappa shape index (κ1) is 16.4. The van der Waals surface area contributed by atoms with E-state index in [1.165, 1.54) is 24.3 Å². The maximum atomic E-state index is 12.1. The molecular formula is C13H20N2O4S2. The lowest BCUT2D eigenvalue weighted by Gasteiger charge is -2.09. The van der Waals surface area contributed by atoms with Gasteiger partial charge in [0, 0.05) is 12.6 Å². The quantitative estimate of drug-likeness (QED) is 0.700. The largest absolute Gasteiger partial charge is 0.240 e. The Kier molecular flexibility index (Phi) is 5.03. The summed E-state index contributed by atoms with van der Waals surface area (Å²) >= 11 is 0. The first-order chi connectivity index (χ1) is 9.85. The number of hydrogen-bond acceptors (Lipinski definition) is 4. The molecule has 0 atom stereocenters. The fraction of sp³-hybridized carbons (Fsp3) is 0.538. The molecule has 2 rings (SSSR count). The molecule has 1 saturated carbocycles. The predicted octanol–water partition coefficient (Wildman–Crippen LogP) is 1.21. The average molecular weight is 332 g/mol. The third-order valence-corrected chi connectivity index (χ3v) is 6.12. The summed E-state index contributed by atoms with van der Waals surface area (Å²) in [5.74, 6) is 0. The van der Waals surface area contributed by atoms with Gasteiger partial charge >= 0.3 is 0 Å². The number of rotatable bonds is 8. The maximum Gasteiger partial charge on any atom is 0.240 e. The van der Waals surface area contributed by atoms with E-state index in [-0.39, 0.29) is 15.8 Å². The normalized spacial score (nSPS) is 16.0. The molecule has 0 radical (unpaired) electrons. The molecule has 0 aromatic heterocycles. The van der Waals surface area contributed by atoms with Gasteiger partial charge in [-0.3, -0.25) is 0 Å². The Morgan fingerprint density at radius 2 is 1.71 bits per heavy atom. The van der Waals surface area contributed by atoms with Crippen LogP contribution in [0.15, 0.2) is 34.1 Å². The van der Waals surface area contributed by atoms with Gasteiger partial charge in [-0.05, 0) is 37.5 Å². The van der Waals surface area contributed by atoms with Gasteiger partial charge in [0.25, 0.3) is 0 Å². The third-order valence-electron chi connectivity index (χ3n) is 3.15. The highest BCUT2D eigenvalue weighted by atomic mass is 32.2. The molecule has 1 aromatic carbocycles. The molecule has 21 heavy (non-hydrogen) atoms. The van der Waals surface area contributed by atoms with E-state index >= 15 is 0 Å². The molecule has 0 spiro atoms. The third kappa shape index (κ3) is 4.50. The second kappa shape index (κ2) is 6.43. The van der Waals surface area contributed by atoms with Gasteiger partial charge in [0.05, 0.1) is 9.79 Å². The number of benzene rings is 1. The predicted molar refractivity (Wildman–Crippen MR) is 79.9 cm³/mol. The number of sulfonamides is 2. The van der Waals surface area contributed by atoms with Gasteiger partial charge in [-0.1, -0.05) is 19.4 Å². The first-order valence-corrected chi connectivity index (χ1v) is 9.94. The summed E-state index contributed by atoms with van der Waals surface area (Å²) in [5.41, 5.74) is 0. The number of hydrogen-bond donors (Lipinski definition) is 2. The van der Waals surface area contributed by atoms with Crippen LogP contribution in [0.5, 0.6) is 0 Å². The molecule has 1 aliphatic rings. The van der Waals surface area contributed by atoms with Crippen molar-refractivity contribution in [1.29, 1.82) is 0 Å². The van der Waals surface area contributed by atoms with Gasteiger partial charge in [0.15, 0.2) is 0 Å². The summed E-state index contributed by atoms with van der Waals surface area (Å²) in [4.78, 5) is -0.0509. The second-order valence-electron chi connectivity index (χ2n) is 5.12. The summed E-state index contributed by atoms with van der Waals surface area (Å²) in [6.45, 7) is 2.31. The van der Waals surface area contributed by atoms with Crippen molar-refractivity contribution in [3.05, 3.63) is 24.3 Å². The highest BCUT2D eigenvalue weighted by molar-refractivity contribution is 7.90. The van der Waals surface area contributed by atoms with E-state index in [2.05, 4.69) is 9.44 Å². The van der Waals surface area contributed by atoms with Crippen molar-refractivity contribution < 1.29 is 16.8 Å². The van der Waals surface area contributed by atoms with Crippen LogP contribution in [0, 0.1) is 0 Å². The van der Waals surface area contributed by atoms with Crippen LogP contribution in [0.25, 0.3) is 0 Å². The smallest absolute Gasteiger partial charge is 0.211 e. The minimum absolute atomic E-state index is 0.0158. The molecule has 0 saturated heterocycles. The molecule has 1 fully saturated rings. The van der Waals surface area contributed by atoms with Crippen molar-refractivity contribution in [2.75, 3.05) is 6.54 Å². The summed E-state index contributed by atoms with van der Waals surface area (Å²) in [5, 5.41) is 0. The molecule has 0 unspecified atom stereocenters. The van der Waals surface area contributed by atoms with Crippen LogP contribution in [0.1, 0.15) is 32.6 Å². The van der Waals surface area contributed by atoms with Gasteiger partial charge in [-0.15, -0.1) is 0 Å². The zero-order chi connectivity index (χ0) is 15.5. The van der Waals surface area contributed by atoms with Crippen molar-refractivity contribution in [3.8, 4) is 0 Å². The molecule has 1 aromatic rings. The SMILES string of the molecule is CCCCNS(=O)(=O)c1cccc(S(=O)(=O)NC2CC2)c1. The molecule has 0 aliphatic heterocycles. The van der Waals surface area contributed by atoms with E-state index in [0.717, 1.165) is 25.7 Å². The molecule has 0 heterocycles. The molecule has 0 amide bonds. The summed E-state index contributed by atoms with van der Waals surface area (Å²) in [6.07, 6.45) is 3.27.